The minimum atomic E-state index is -0.560. The van der Waals surface area contributed by atoms with Crippen LogP contribution in [0.2, 0.25) is 0 Å². The fourth-order valence-corrected chi connectivity index (χ4v) is 0.0962. The zero-order valence-electron chi connectivity index (χ0n) is 7.69. The van der Waals surface area contributed by atoms with Gasteiger partial charge in [-0.2, -0.15) is 0 Å². The molecule has 0 spiro atoms. The van der Waals surface area contributed by atoms with Gasteiger partial charge in [-0.1, -0.05) is 0 Å². The van der Waals surface area contributed by atoms with Gasteiger partial charge >= 0.3 is 0 Å². The Hall–Kier alpha value is -0.160. The predicted octanol–water partition coefficient (Wildman–Crippen LogP) is -0.219. The maximum Gasteiger partial charge on any atom is 0.0781 e. The van der Waals surface area contributed by atoms with Crippen LogP contribution in [0.4, 0.5) is 0 Å². The molecule has 0 aromatic heterocycles. The van der Waals surface area contributed by atoms with Crippen LogP contribution in [0.15, 0.2) is 0 Å². The molecule has 2 N–H and O–H groups in total. The molecular formula is C8H18O4. The van der Waals surface area contributed by atoms with Gasteiger partial charge in [-0.3, -0.25) is 0 Å². The van der Waals surface area contributed by atoms with Gasteiger partial charge in [0, 0.05) is 0 Å². The van der Waals surface area contributed by atoms with Crippen molar-refractivity contribution in [3.05, 3.63) is 0 Å². The van der Waals surface area contributed by atoms with Gasteiger partial charge in [0.25, 0.3) is 0 Å². The highest BCUT2D eigenvalue weighted by Crippen LogP contribution is 2.04. The fourth-order valence-electron chi connectivity index (χ4n) is 0.0962. The van der Waals surface area contributed by atoms with Crippen LogP contribution in [0, 0.1) is 0 Å². The second kappa shape index (κ2) is 7.49. The molecule has 0 amide bonds. The molecule has 2 saturated heterocycles. The summed E-state index contributed by atoms with van der Waals surface area (Å²) in [5.74, 6) is 0. The molecule has 0 aromatic rings. The zero-order chi connectivity index (χ0) is 9.40. The molecule has 12 heavy (non-hydrogen) atoms. The molecule has 4 nitrogen and oxygen atoms in total. The van der Waals surface area contributed by atoms with Gasteiger partial charge in [-0.15, -0.1) is 0 Å². The lowest BCUT2D eigenvalue weighted by Gasteiger charge is -1.90. The molecule has 0 bridgehead atoms. The summed E-state index contributed by atoms with van der Waals surface area (Å²) in [4.78, 5) is 0. The van der Waals surface area contributed by atoms with E-state index in [0.717, 1.165) is 19.8 Å². The van der Waals surface area contributed by atoms with Crippen molar-refractivity contribution in [2.24, 2.45) is 0 Å². The first-order chi connectivity index (χ1) is 5.66. The standard InChI is InChI=1S/C3H8O2.C3H6O.C2H4O/c1-3(5)2-4;1-3-2-4-3;1-2-3-1/h3-5H,2H2,1H3;3H,2H2,1H3;1-2H2. The molecule has 0 aliphatic carbocycles. The van der Waals surface area contributed by atoms with Gasteiger partial charge in [0.2, 0.25) is 0 Å². The molecule has 74 valence electrons. The van der Waals surface area contributed by atoms with Crippen molar-refractivity contribution in [2.45, 2.75) is 26.1 Å². The molecule has 2 atom stereocenters. The first-order valence-electron chi connectivity index (χ1n) is 4.15. The normalized spacial score (nSPS) is 25.5. The monoisotopic (exact) mass is 178 g/mol. The number of hydrogen-bond acceptors (Lipinski definition) is 4. The first kappa shape index (κ1) is 11.8. The highest BCUT2D eigenvalue weighted by molar-refractivity contribution is 4.58. The quantitative estimate of drug-likeness (QED) is 0.545. The van der Waals surface area contributed by atoms with E-state index in [0.29, 0.717) is 6.10 Å². The predicted molar refractivity (Wildman–Crippen MR) is 45.0 cm³/mol. The van der Waals surface area contributed by atoms with Crippen LogP contribution in [0.3, 0.4) is 0 Å². The molecule has 0 saturated carbocycles. The van der Waals surface area contributed by atoms with Gasteiger partial charge in [-0.05, 0) is 13.8 Å². The number of epoxide rings is 2. The first-order valence-corrected chi connectivity index (χ1v) is 4.15. The van der Waals surface area contributed by atoms with Crippen molar-refractivity contribution in [1.82, 2.24) is 0 Å². The van der Waals surface area contributed by atoms with Crippen LogP contribution in [-0.4, -0.2) is 48.8 Å². The molecule has 2 aliphatic rings. The van der Waals surface area contributed by atoms with Gasteiger partial charge in [0.1, 0.15) is 0 Å². The molecule has 2 heterocycles. The molecule has 2 aliphatic heterocycles. The number of aliphatic hydroxyl groups excluding tert-OH is 2. The van der Waals surface area contributed by atoms with Crippen molar-refractivity contribution in [3.63, 3.8) is 0 Å². The fraction of sp³-hybridized carbons (Fsp3) is 1.00. The van der Waals surface area contributed by atoms with E-state index in [-0.39, 0.29) is 6.61 Å². The zero-order valence-corrected chi connectivity index (χ0v) is 7.69. The van der Waals surface area contributed by atoms with Crippen LogP contribution < -0.4 is 0 Å². The van der Waals surface area contributed by atoms with Crippen molar-refractivity contribution < 1.29 is 19.7 Å². The van der Waals surface area contributed by atoms with Crippen molar-refractivity contribution in [1.29, 1.82) is 0 Å². The average molecular weight is 178 g/mol. The topological polar surface area (TPSA) is 65.5 Å². The van der Waals surface area contributed by atoms with Gasteiger partial charge in [0.05, 0.1) is 38.6 Å². The maximum atomic E-state index is 8.11. The van der Waals surface area contributed by atoms with E-state index in [9.17, 15) is 0 Å². The van der Waals surface area contributed by atoms with Crippen molar-refractivity contribution in [2.75, 3.05) is 26.4 Å². The smallest absolute Gasteiger partial charge is 0.0781 e. The number of rotatable bonds is 1. The molecule has 2 fully saturated rings. The third-order valence-corrected chi connectivity index (χ3v) is 0.968. The minimum absolute atomic E-state index is 0.139. The second-order valence-electron chi connectivity index (χ2n) is 2.79. The third kappa shape index (κ3) is 22.5. The van der Waals surface area contributed by atoms with Crippen molar-refractivity contribution >= 4 is 0 Å². The van der Waals surface area contributed by atoms with Crippen LogP contribution in [-0.2, 0) is 9.47 Å². The van der Waals surface area contributed by atoms with Gasteiger partial charge in [-0.25, -0.2) is 0 Å². The van der Waals surface area contributed by atoms with Gasteiger partial charge in [0.15, 0.2) is 0 Å². The summed E-state index contributed by atoms with van der Waals surface area (Å²) in [7, 11) is 0. The Morgan fingerprint density at radius 1 is 1.50 bits per heavy atom. The molecule has 0 radical (unpaired) electrons. The van der Waals surface area contributed by atoms with Crippen LogP contribution in [0.1, 0.15) is 13.8 Å². The summed E-state index contributed by atoms with van der Waals surface area (Å²) in [6.07, 6.45) is 0.0231. The lowest BCUT2D eigenvalue weighted by atomic mass is 10.5. The highest BCUT2D eigenvalue weighted by atomic mass is 16.6. The highest BCUT2D eigenvalue weighted by Gasteiger charge is 2.13. The molecule has 4 heteroatoms. The van der Waals surface area contributed by atoms with E-state index in [2.05, 4.69) is 11.7 Å². The Balaban J connectivity index is 0.000000155. The summed E-state index contributed by atoms with van der Waals surface area (Å²) in [6.45, 7) is 6.43. The summed E-state index contributed by atoms with van der Waals surface area (Å²) in [5.41, 5.74) is 0. The lowest BCUT2D eigenvalue weighted by molar-refractivity contribution is 0.110. The van der Waals surface area contributed by atoms with Crippen molar-refractivity contribution in [3.8, 4) is 0 Å². The van der Waals surface area contributed by atoms with Crippen LogP contribution in [0.5, 0.6) is 0 Å². The largest absolute Gasteiger partial charge is 0.394 e. The Morgan fingerprint density at radius 3 is 1.75 bits per heavy atom. The molecule has 2 unspecified atom stereocenters. The van der Waals surface area contributed by atoms with E-state index in [1.54, 1.807) is 0 Å². The average Bonchev–Trinajstić information content (AvgIpc) is 2.83. The number of ether oxygens (including phenoxy) is 2. The Morgan fingerprint density at radius 2 is 1.75 bits per heavy atom. The Kier molecular flexibility index (Phi) is 7.39. The Labute approximate surface area is 73.1 Å². The van der Waals surface area contributed by atoms with E-state index in [1.165, 1.54) is 6.92 Å². The number of aliphatic hydroxyl groups is 2. The Bertz CT molecular complexity index is 86.3. The summed E-state index contributed by atoms with van der Waals surface area (Å²) in [6, 6.07) is 0. The number of hydrogen-bond donors (Lipinski definition) is 2. The maximum absolute atomic E-state index is 8.11. The summed E-state index contributed by atoms with van der Waals surface area (Å²) < 4.78 is 9.21. The third-order valence-electron chi connectivity index (χ3n) is 0.968. The van der Waals surface area contributed by atoms with Gasteiger partial charge < -0.3 is 19.7 Å². The van der Waals surface area contributed by atoms with E-state index in [4.69, 9.17) is 14.9 Å². The van der Waals surface area contributed by atoms with E-state index in [1.807, 2.05) is 0 Å². The van der Waals surface area contributed by atoms with Crippen LogP contribution in [0.25, 0.3) is 0 Å². The molecule has 2 rings (SSSR count). The summed E-state index contributed by atoms with van der Waals surface area (Å²) in [5, 5.41) is 16.0. The second-order valence-corrected chi connectivity index (χ2v) is 2.79. The SMILES string of the molecule is C1CO1.CC(O)CO.CC1CO1. The summed E-state index contributed by atoms with van der Waals surface area (Å²) >= 11 is 0. The molecular weight excluding hydrogens is 160 g/mol. The minimum Gasteiger partial charge on any atom is -0.394 e. The van der Waals surface area contributed by atoms with E-state index < -0.39 is 6.10 Å². The molecule has 0 aromatic carbocycles. The van der Waals surface area contributed by atoms with E-state index >= 15 is 0 Å². The van der Waals surface area contributed by atoms with Crippen LogP contribution >= 0.6 is 0 Å². The lowest BCUT2D eigenvalue weighted by Crippen LogP contribution is -2.03.